The summed E-state index contributed by atoms with van der Waals surface area (Å²) >= 11 is 8.70. The van der Waals surface area contributed by atoms with Crippen LogP contribution in [0.4, 0.5) is 5.13 Å². The van der Waals surface area contributed by atoms with Gasteiger partial charge in [-0.25, -0.2) is 13.4 Å². The first-order valence-electron chi connectivity index (χ1n) is 11.4. The summed E-state index contributed by atoms with van der Waals surface area (Å²) in [7, 11) is -3.54. The third kappa shape index (κ3) is 4.58. The summed E-state index contributed by atoms with van der Waals surface area (Å²) in [6, 6.07) is 7.49. The number of hydrogen-bond donors (Lipinski definition) is 0. The van der Waals surface area contributed by atoms with Crippen LogP contribution < -0.4 is 4.90 Å². The molecule has 1 aromatic carbocycles. The number of aryl methyl sites for hydroxylation is 2. The summed E-state index contributed by atoms with van der Waals surface area (Å²) in [5.74, 6) is 0.0183. The largest absolute Gasteiger partial charge is 0.345 e. The Kier molecular flexibility index (Phi) is 6.62. The number of piperidine rings is 1. The Morgan fingerprint density at radius 2 is 1.68 bits per heavy atom. The van der Waals surface area contributed by atoms with Gasteiger partial charge in [0.1, 0.15) is 4.21 Å². The van der Waals surface area contributed by atoms with E-state index in [1.807, 2.05) is 4.90 Å². The Bertz CT molecular complexity index is 1280. The van der Waals surface area contributed by atoms with Gasteiger partial charge >= 0.3 is 0 Å². The van der Waals surface area contributed by atoms with Crippen molar-refractivity contribution in [1.82, 2.24) is 14.2 Å². The molecule has 182 valence electrons. The van der Waals surface area contributed by atoms with Gasteiger partial charge in [-0.05, 0) is 62.1 Å². The summed E-state index contributed by atoms with van der Waals surface area (Å²) in [5, 5.41) is 1.01. The van der Waals surface area contributed by atoms with Crippen LogP contribution in [0.5, 0.6) is 0 Å². The summed E-state index contributed by atoms with van der Waals surface area (Å²) < 4.78 is 29.0. The number of carbonyl (C=O) groups is 1. The van der Waals surface area contributed by atoms with Gasteiger partial charge in [-0.2, -0.15) is 4.31 Å². The van der Waals surface area contributed by atoms with Gasteiger partial charge < -0.3 is 9.80 Å². The molecule has 11 heteroatoms. The molecule has 7 nitrogen and oxygen atoms in total. The van der Waals surface area contributed by atoms with E-state index in [1.54, 1.807) is 23.5 Å². The molecule has 3 aromatic rings. The number of nitrogens with zero attached hydrogens (tertiary/aromatic N) is 4. The highest BCUT2D eigenvalue weighted by Crippen LogP contribution is 2.33. The van der Waals surface area contributed by atoms with Crippen LogP contribution in [-0.4, -0.2) is 67.8 Å². The maximum Gasteiger partial charge on any atom is 0.252 e. The molecule has 2 aliphatic heterocycles. The lowest BCUT2D eigenvalue weighted by atomic mass is 9.96. The van der Waals surface area contributed by atoms with Crippen molar-refractivity contribution in [2.75, 3.05) is 44.2 Å². The summed E-state index contributed by atoms with van der Waals surface area (Å²) in [5.41, 5.74) is 3.56. The van der Waals surface area contributed by atoms with Gasteiger partial charge in [0.2, 0.25) is 5.91 Å². The fourth-order valence-corrected chi connectivity index (χ4v) is 8.79. The maximum atomic E-state index is 13.2. The Morgan fingerprint density at radius 3 is 2.32 bits per heavy atom. The van der Waals surface area contributed by atoms with Gasteiger partial charge in [0.15, 0.2) is 5.13 Å². The molecule has 0 radical (unpaired) electrons. The molecular weight excluding hydrogens is 512 g/mol. The van der Waals surface area contributed by atoms with Gasteiger partial charge in [-0.15, -0.1) is 11.3 Å². The molecule has 0 saturated carbocycles. The standard InChI is InChI=1S/C23H27ClN4O3S3/c1-15-13-18-19(14-16(15)2)32-23(25-18)27-11-9-26(10-12-27)22(29)17-5-7-28(8-6-17)34(30,31)21-4-3-20(24)33-21/h3-4,13-14,17H,5-12H2,1-2H3. The minimum absolute atomic E-state index is 0.127. The monoisotopic (exact) mass is 538 g/mol. The number of aromatic nitrogens is 1. The Morgan fingerprint density at radius 1 is 1.00 bits per heavy atom. The van der Waals surface area contributed by atoms with Crippen molar-refractivity contribution < 1.29 is 13.2 Å². The average molecular weight is 539 g/mol. The molecule has 2 aliphatic rings. The third-order valence-corrected chi connectivity index (χ3v) is 11.5. The first kappa shape index (κ1) is 24.0. The fourth-order valence-electron chi connectivity index (χ4n) is 4.59. The normalized spacial score (nSPS) is 18.7. The quantitative estimate of drug-likeness (QED) is 0.493. The predicted molar refractivity (Wildman–Crippen MR) is 139 cm³/mol. The molecule has 2 saturated heterocycles. The third-order valence-electron chi connectivity index (χ3n) is 6.80. The average Bonchev–Trinajstić information content (AvgIpc) is 3.45. The summed E-state index contributed by atoms with van der Waals surface area (Å²) in [6.07, 6.45) is 1.10. The predicted octanol–water partition coefficient (Wildman–Crippen LogP) is 4.38. The van der Waals surface area contributed by atoms with Crippen LogP contribution >= 0.6 is 34.3 Å². The zero-order valence-corrected chi connectivity index (χ0v) is 22.4. The number of fused-ring (bicyclic) bond motifs is 1. The molecule has 1 amide bonds. The highest BCUT2D eigenvalue weighted by molar-refractivity contribution is 7.91. The summed E-state index contributed by atoms with van der Waals surface area (Å²) in [4.78, 5) is 22.2. The van der Waals surface area contributed by atoms with Crippen LogP contribution in [0.2, 0.25) is 4.34 Å². The molecule has 4 heterocycles. The van der Waals surface area contributed by atoms with Crippen molar-refractivity contribution in [3.05, 3.63) is 39.7 Å². The molecule has 0 unspecified atom stereocenters. The second-order valence-corrected chi connectivity index (χ2v) is 13.8. The molecule has 0 spiro atoms. The van der Waals surface area contributed by atoms with E-state index < -0.39 is 10.0 Å². The van der Waals surface area contributed by atoms with E-state index in [9.17, 15) is 13.2 Å². The van der Waals surface area contributed by atoms with Gasteiger partial charge in [-0.3, -0.25) is 4.79 Å². The van der Waals surface area contributed by atoms with Crippen molar-refractivity contribution in [2.24, 2.45) is 5.92 Å². The molecule has 0 N–H and O–H groups in total. The number of anilines is 1. The molecule has 34 heavy (non-hydrogen) atoms. The smallest absolute Gasteiger partial charge is 0.252 e. The maximum absolute atomic E-state index is 13.2. The Labute approximate surface area is 213 Å². The van der Waals surface area contributed by atoms with Crippen molar-refractivity contribution in [3.8, 4) is 0 Å². The highest BCUT2D eigenvalue weighted by Gasteiger charge is 2.35. The first-order chi connectivity index (χ1) is 16.2. The van der Waals surface area contributed by atoms with E-state index in [1.165, 1.54) is 20.1 Å². The SMILES string of the molecule is Cc1cc2nc(N3CCN(C(=O)C4CCN(S(=O)(=O)c5ccc(Cl)s5)CC4)CC3)sc2cc1C. The Hall–Kier alpha value is -1.72. The van der Waals surface area contributed by atoms with E-state index in [0.717, 1.165) is 35.1 Å². The van der Waals surface area contributed by atoms with Gasteiger partial charge in [0.25, 0.3) is 10.0 Å². The lowest BCUT2D eigenvalue weighted by Crippen LogP contribution is -2.52. The van der Waals surface area contributed by atoms with Gasteiger partial charge in [0, 0.05) is 45.2 Å². The van der Waals surface area contributed by atoms with E-state index in [0.29, 0.717) is 43.4 Å². The van der Waals surface area contributed by atoms with Crippen LogP contribution in [0.3, 0.4) is 0 Å². The van der Waals surface area contributed by atoms with E-state index in [-0.39, 0.29) is 16.0 Å². The molecular formula is C23H27ClN4O3S3. The van der Waals surface area contributed by atoms with Crippen molar-refractivity contribution >= 4 is 65.6 Å². The second-order valence-electron chi connectivity index (χ2n) is 8.95. The molecule has 2 fully saturated rings. The van der Waals surface area contributed by atoms with Crippen LogP contribution in [0.15, 0.2) is 28.5 Å². The number of rotatable bonds is 4. The minimum Gasteiger partial charge on any atom is -0.345 e. The lowest BCUT2D eigenvalue weighted by Gasteiger charge is -2.38. The fraction of sp³-hybridized carbons (Fsp3) is 0.478. The van der Waals surface area contributed by atoms with Crippen molar-refractivity contribution in [1.29, 1.82) is 0 Å². The number of sulfonamides is 1. The molecule has 5 rings (SSSR count). The number of amides is 1. The van der Waals surface area contributed by atoms with Crippen molar-refractivity contribution in [3.63, 3.8) is 0 Å². The number of halogens is 1. The Balaban J connectivity index is 1.17. The van der Waals surface area contributed by atoms with Gasteiger partial charge in [-0.1, -0.05) is 22.9 Å². The summed E-state index contributed by atoms with van der Waals surface area (Å²) in [6.45, 7) is 7.80. The van der Waals surface area contributed by atoms with E-state index >= 15 is 0 Å². The number of thiophene rings is 1. The number of benzene rings is 1. The lowest BCUT2D eigenvalue weighted by molar-refractivity contribution is -0.137. The van der Waals surface area contributed by atoms with Crippen LogP contribution in [-0.2, 0) is 14.8 Å². The molecule has 0 bridgehead atoms. The zero-order chi connectivity index (χ0) is 24.0. The second kappa shape index (κ2) is 9.39. The van der Waals surface area contributed by atoms with Crippen LogP contribution in [0.1, 0.15) is 24.0 Å². The van der Waals surface area contributed by atoms with Crippen LogP contribution in [0.25, 0.3) is 10.2 Å². The van der Waals surface area contributed by atoms with Gasteiger partial charge in [0.05, 0.1) is 14.6 Å². The zero-order valence-electron chi connectivity index (χ0n) is 19.2. The molecule has 2 aromatic heterocycles. The topological polar surface area (TPSA) is 73.8 Å². The van der Waals surface area contributed by atoms with Crippen LogP contribution in [0, 0.1) is 19.8 Å². The number of thiazole rings is 1. The minimum atomic E-state index is -3.54. The number of piperazine rings is 1. The highest BCUT2D eigenvalue weighted by atomic mass is 35.5. The molecule has 0 atom stereocenters. The van der Waals surface area contributed by atoms with E-state index in [2.05, 4.69) is 30.9 Å². The molecule has 0 aliphatic carbocycles. The van der Waals surface area contributed by atoms with E-state index in [4.69, 9.17) is 16.6 Å². The number of carbonyl (C=O) groups excluding carboxylic acids is 1. The number of hydrogen-bond acceptors (Lipinski definition) is 7. The van der Waals surface area contributed by atoms with Crippen molar-refractivity contribution in [2.45, 2.75) is 30.9 Å². The first-order valence-corrected chi connectivity index (χ1v) is 14.8.